The number of pyridine rings is 1. The van der Waals surface area contributed by atoms with E-state index in [2.05, 4.69) is 9.88 Å². The molecule has 2 fully saturated rings. The monoisotopic (exact) mass is 298 g/mol. The Bertz CT molecular complexity index is 450. The van der Waals surface area contributed by atoms with Gasteiger partial charge in [-0.3, -0.25) is 0 Å². The lowest BCUT2D eigenvalue weighted by atomic mass is 9.75. The molecule has 104 valence electrons. The van der Waals surface area contributed by atoms with Gasteiger partial charge in [0.2, 0.25) is 0 Å². The summed E-state index contributed by atoms with van der Waals surface area (Å²) in [7, 11) is 0. The van der Waals surface area contributed by atoms with Gasteiger partial charge in [0.1, 0.15) is 5.82 Å². The summed E-state index contributed by atoms with van der Waals surface area (Å²) in [4.78, 5) is 7.03. The molecule has 0 aromatic carbocycles. The summed E-state index contributed by atoms with van der Waals surface area (Å²) in [5, 5.41) is 0.673. The fourth-order valence-corrected chi connectivity index (χ4v) is 4.00. The average molecular weight is 299 g/mol. The molecule has 0 radical (unpaired) electrons. The van der Waals surface area contributed by atoms with Crippen LogP contribution in [0.4, 0.5) is 5.82 Å². The lowest BCUT2D eigenvalue weighted by Crippen LogP contribution is -2.42. The van der Waals surface area contributed by atoms with E-state index >= 15 is 0 Å². The van der Waals surface area contributed by atoms with E-state index in [-0.39, 0.29) is 0 Å². The minimum absolute atomic E-state index is 0.382. The van der Waals surface area contributed by atoms with Crippen LogP contribution >= 0.6 is 23.2 Å². The first-order valence-electron chi connectivity index (χ1n) is 7.24. The Labute approximate surface area is 125 Å². The molecule has 3 rings (SSSR count). The van der Waals surface area contributed by atoms with Crippen LogP contribution in [-0.2, 0) is 5.88 Å². The van der Waals surface area contributed by atoms with Crippen molar-refractivity contribution in [3.63, 3.8) is 0 Å². The van der Waals surface area contributed by atoms with E-state index in [0.717, 1.165) is 36.4 Å². The molecule has 0 spiro atoms. The van der Waals surface area contributed by atoms with E-state index in [0.29, 0.717) is 10.9 Å². The van der Waals surface area contributed by atoms with Gasteiger partial charge in [-0.2, -0.15) is 0 Å². The molecule has 1 aliphatic heterocycles. The molecule has 1 aromatic heterocycles. The highest BCUT2D eigenvalue weighted by Gasteiger charge is 2.31. The van der Waals surface area contributed by atoms with Crippen molar-refractivity contribution < 1.29 is 0 Å². The van der Waals surface area contributed by atoms with Crippen LogP contribution in [0.3, 0.4) is 0 Å². The first-order valence-corrected chi connectivity index (χ1v) is 8.15. The molecule has 2 atom stereocenters. The first-order chi connectivity index (χ1) is 9.28. The second-order valence-electron chi connectivity index (χ2n) is 5.77. The van der Waals surface area contributed by atoms with Crippen molar-refractivity contribution >= 4 is 29.0 Å². The number of rotatable bonds is 2. The van der Waals surface area contributed by atoms with Gasteiger partial charge < -0.3 is 4.90 Å². The van der Waals surface area contributed by atoms with Crippen molar-refractivity contribution in [2.24, 2.45) is 11.8 Å². The number of anilines is 1. The number of nitrogens with zero attached hydrogens (tertiary/aromatic N) is 2. The lowest BCUT2D eigenvalue weighted by Gasteiger charge is -2.41. The normalized spacial score (nSPS) is 27.2. The summed E-state index contributed by atoms with van der Waals surface area (Å²) in [5.74, 6) is 3.24. The van der Waals surface area contributed by atoms with Crippen molar-refractivity contribution in [2.75, 3.05) is 18.0 Å². The maximum atomic E-state index is 6.08. The topological polar surface area (TPSA) is 16.1 Å². The van der Waals surface area contributed by atoms with Crippen LogP contribution in [0.25, 0.3) is 0 Å². The minimum atomic E-state index is 0.382. The maximum Gasteiger partial charge on any atom is 0.128 e. The fraction of sp³-hybridized carbons (Fsp3) is 0.667. The summed E-state index contributed by atoms with van der Waals surface area (Å²) in [6.45, 7) is 2.28. The molecule has 2 nitrogen and oxygen atoms in total. The number of hydrogen-bond donors (Lipinski definition) is 0. The molecule has 0 bridgehead atoms. The second-order valence-corrected chi connectivity index (χ2v) is 6.45. The van der Waals surface area contributed by atoms with Gasteiger partial charge in [0.25, 0.3) is 0 Å². The Kier molecular flexibility index (Phi) is 4.18. The zero-order valence-electron chi connectivity index (χ0n) is 11.1. The smallest absolute Gasteiger partial charge is 0.128 e. The predicted molar refractivity (Wildman–Crippen MR) is 81.1 cm³/mol. The van der Waals surface area contributed by atoms with E-state index in [9.17, 15) is 0 Å². The van der Waals surface area contributed by atoms with Gasteiger partial charge in [-0.15, -0.1) is 11.6 Å². The zero-order valence-corrected chi connectivity index (χ0v) is 12.6. The lowest BCUT2D eigenvalue weighted by molar-refractivity contribution is 0.202. The molecule has 4 heteroatoms. The summed E-state index contributed by atoms with van der Waals surface area (Å²) in [6.07, 6.45) is 6.95. The van der Waals surface area contributed by atoms with E-state index in [1.165, 1.54) is 32.1 Å². The Morgan fingerprint density at radius 2 is 1.95 bits per heavy atom. The summed E-state index contributed by atoms with van der Waals surface area (Å²) in [6, 6.07) is 3.95. The summed E-state index contributed by atoms with van der Waals surface area (Å²) >= 11 is 12.0. The number of alkyl halides is 1. The van der Waals surface area contributed by atoms with Crippen LogP contribution in [0.1, 0.15) is 37.8 Å². The molecular weight excluding hydrogens is 279 g/mol. The van der Waals surface area contributed by atoms with Gasteiger partial charge in [0.05, 0.1) is 16.6 Å². The maximum absolute atomic E-state index is 6.08. The quantitative estimate of drug-likeness (QED) is 0.748. The molecule has 19 heavy (non-hydrogen) atoms. The Balaban J connectivity index is 1.75. The molecule has 2 heterocycles. The summed E-state index contributed by atoms with van der Waals surface area (Å²) in [5.41, 5.74) is 0.798. The van der Waals surface area contributed by atoms with Gasteiger partial charge in [-0.1, -0.05) is 30.9 Å². The third-order valence-corrected chi connectivity index (χ3v) is 5.24. The van der Waals surface area contributed by atoms with Crippen molar-refractivity contribution in [1.82, 2.24) is 4.98 Å². The zero-order chi connectivity index (χ0) is 13.2. The molecule has 0 N–H and O–H groups in total. The van der Waals surface area contributed by atoms with Gasteiger partial charge in [0, 0.05) is 13.1 Å². The van der Waals surface area contributed by atoms with Crippen LogP contribution in [0, 0.1) is 11.8 Å². The molecule has 1 saturated carbocycles. The SMILES string of the molecule is ClCc1nc(N2CCC3CCCCC3C2)ccc1Cl. The van der Waals surface area contributed by atoms with Crippen LogP contribution in [0.15, 0.2) is 12.1 Å². The number of halogens is 2. The first kappa shape index (κ1) is 13.5. The minimum Gasteiger partial charge on any atom is -0.356 e. The van der Waals surface area contributed by atoms with Gasteiger partial charge >= 0.3 is 0 Å². The molecule has 1 saturated heterocycles. The van der Waals surface area contributed by atoms with Gasteiger partial charge in [-0.05, 0) is 36.8 Å². The van der Waals surface area contributed by atoms with Crippen molar-refractivity contribution in [3.8, 4) is 0 Å². The predicted octanol–water partition coefficient (Wildman–Crippen LogP) is 4.49. The molecule has 2 unspecified atom stereocenters. The third kappa shape index (κ3) is 2.85. The number of fused-ring (bicyclic) bond motifs is 1. The van der Waals surface area contributed by atoms with Crippen LogP contribution < -0.4 is 4.90 Å². The van der Waals surface area contributed by atoms with Gasteiger partial charge in [0.15, 0.2) is 0 Å². The highest BCUT2D eigenvalue weighted by molar-refractivity contribution is 6.32. The van der Waals surface area contributed by atoms with E-state index in [1.807, 2.05) is 12.1 Å². The second kappa shape index (κ2) is 5.88. The van der Waals surface area contributed by atoms with Crippen LogP contribution in [-0.4, -0.2) is 18.1 Å². The highest BCUT2D eigenvalue weighted by atomic mass is 35.5. The molecule has 1 aliphatic carbocycles. The molecule has 1 aromatic rings. The van der Waals surface area contributed by atoms with Crippen molar-refractivity contribution in [2.45, 2.75) is 38.0 Å². The number of hydrogen-bond acceptors (Lipinski definition) is 2. The van der Waals surface area contributed by atoms with Crippen molar-refractivity contribution in [3.05, 3.63) is 22.8 Å². The van der Waals surface area contributed by atoms with E-state index in [1.54, 1.807) is 0 Å². The Hall–Kier alpha value is -0.470. The third-order valence-electron chi connectivity index (χ3n) is 4.65. The molecule has 2 aliphatic rings. The average Bonchev–Trinajstić information content (AvgIpc) is 2.47. The molecular formula is C15H20Cl2N2. The number of piperidine rings is 1. The molecule has 0 amide bonds. The van der Waals surface area contributed by atoms with E-state index < -0.39 is 0 Å². The highest BCUT2D eigenvalue weighted by Crippen LogP contribution is 2.37. The fourth-order valence-electron chi connectivity index (χ4n) is 3.55. The Morgan fingerprint density at radius 3 is 2.74 bits per heavy atom. The van der Waals surface area contributed by atoms with E-state index in [4.69, 9.17) is 23.2 Å². The number of aromatic nitrogens is 1. The Morgan fingerprint density at radius 1 is 1.16 bits per heavy atom. The van der Waals surface area contributed by atoms with Crippen molar-refractivity contribution in [1.29, 1.82) is 0 Å². The van der Waals surface area contributed by atoms with Gasteiger partial charge in [-0.25, -0.2) is 4.98 Å². The largest absolute Gasteiger partial charge is 0.356 e. The van der Waals surface area contributed by atoms with Crippen LogP contribution in [0.5, 0.6) is 0 Å². The summed E-state index contributed by atoms with van der Waals surface area (Å²) < 4.78 is 0. The standard InChI is InChI=1S/C15H20Cl2N2/c16-9-14-13(17)5-6-15(18-14)19-8-7-11-3-1-2-4-12(11)10-19/h5-6,11-12H,1-4,7-10H2. The van der Waals surface area contributed by atoms with Crippen LogP contribution in [0.2, 0.25) is 5.02 Å².